The number of hydrogen-bond donors (Lipinski definition) is 0. The van der Waals surface area contributed by atoms with Gasteiger partial charge in [0.25, 0.3) is 5.91 Å². The van der Waals surface area contributed by atoms with Crippen LogP contribution < -0.4 is 4.74 Å². The summed E-state index contributed by atoms with van der Waals surface area (Å²) in [6.45, 7) is 5.23. The summed E-state index contributed by atoms with van der Waals surface area (Å²) in [6.07, 6.45) is 0. The van der Waals surface area contributed by atoms with Crippen molar-refractivity contribution < 1.29 is 19.1 Å². The number of hydrogen-bond acceptors (Lipinski definition) is 6. The first-order chi connectivity index (χ1) is 13.8. The molecule has 3 aromatic rings. The van der Waals surface area contributed by atoms with Crippen LogP contribution in [0.25, 0.3) is 10.2 Å². The Bertz CT molecular complexity index is 998. The summed E-state index contributed by atoms with van der Waals surface area (Å²) >= 11 is 1.55. The summed E-state index contributed by atoms with van der Waals surface area (Å²) in [5, 5.41) is 0.839. The zero-order valence-electron chi connectivity index (χ0n) is 17.0. The third kappa shape index (κ3) is 5.12. The number of aryl methyl sites for hydroxylation is 2. The van der Waals surface area contributed by atoms with Crippen molar-refractivity contribution in [3.8, 4) is 5.75 Å². The number of likely N-dealkylation sites (N-methyl/N-ethyl adjacent to an activating group) is 1. The van der Waals surface area contributed by atoms with Crippen molar-refractivity contribution in [3.05, 3.63) is 58.6 Å². The van der Waals surface area contributed by atoms with E-state index in [1.165, 1.54) is 4.90 Å². The molecule has 1 heterocycles. The number of esters is 1. The molecule has 0 unspecified atom stereocenters. The Hall–Kier alpha value is -2.93. The Morgan fingerprint density at radius 2 is 1.90 bits per heavy atom. The summed E-state index contributed by atoms with van der Waals surface area (Å²) in [6, 6.07) is 13.3. The predicted molar refractivity (Wildman–Crippen MR) is 113 cm³/mol. The minimum atomic E-state index is -0.584. The van der Waals surface area contributed by atoms with Gasteiger partial charge in [-0.05, 0) is 44.5 Å². The van der Waals surface area contributed by atoms with Gasteiger partial charge in [-0.3, -0.25) is 4.79 Å². The van der Waals surface area contributed by atoms with Crippen LogP contribution >= 0.6 is 11.3 Å². The van der Waals surface area contributed by atoms with E-state index in [-0.39, 0.29) is 25.2 Å². The molecule has 3 rings (SSSR count). The Morgan fingerprint density at radius 1 is 1.14 bits per heavy atom. The van der Waals surface area contributed by atoms with Crippen molar-refractivity contribution in [1.29, 1.82) is 0 Å². The van der Waals surface area contributed by atoms with Crippen molar-refractivity contribution in [3.63, 3.8) is 0 Å². The minimum absolute atomic E-state index is 0.218. The van der Waals surface area contributed by atoms with Crippen LogP contribution in [-0.4, -0.2) is 42.0 Å². The van der Waals surface area contributed by atoms with Gasteiger partial charge in [0.15, 0.2) is 13.2 Å². The maximum Gasteiger partial charge on any atom is 0.344 e. The number of ether oxygens (including phenoxy) is 2. The van der Waals surface area contributed by atoms with E-state index in [4.69, 9.17) is 9.47 Å². The lowest BCUT2D eigenvalue weighted by Crippen LogP contribution is -2.34. The molecule has 0 saturated heterocycles. The maximum absolute atomic E-state index is 12.4. The molecule has 152 valence electrons. The fourth-order valence-corrected chi connectivity index (χ4v) is 3.90. The van der Waals surface area contributed by atoms with Crippen molar-refractivity contribution in [2.45, 2.75) is 26.8 Å². The molecule has 0 radical (unpaired) electrons. The molecule has 0 saturated carbocycles. The van der Waals surface area contributed by atoms with Gasteiger partial charge in [-0.2, -0.15) is 0 Å². The number of thiazole rings is 1. The van der Waals surface area contributed by atoms with Crippen molar-refractivity contribution in [2.75, 3.05) is 20.3 Å². The first kappa shape index (κ1) is 20.8. The fraction of sp³-hybridized carbons (Fsp3) is 0.318. The Labute approximate surface area is 174 Å². The van der Waals surface area contributed by atoms with Crippen molar-refractivity contribution >= 4 is 33.4 Å². The molecule has 0 aliphatic rings. The van der Waals surface area contributed by atoms with Crippen molar-refractivity contribution in [2.24, 2.45) is 0 Å². The summed E-state index contributed by atoms with van der Waals surface area (Å²) in [5.41, 5.74) is 2.97. The number of para-hydroxylation sites is 1. The maximum atomic E-state index is 12.4. The standard InChI is InChI=1S/C22H24N2O4S/c1-14-9-10-18(15(2)11-14)27-13-21(26)28-12-20(25)24(4)16(3)22-23-17-7-5-6-8-19(17)29-22/h5-11,16H,12-13H2,1-4H3/t16-/m0/s1. The van der Waals surface area contributed by atoms with E-state index in [0.29, 0.717) is 5.75 Å². The van der Waals surface area contributed by atoms with Crippen LogP contribution in [0.1, 0.15) is 29.1 Å². The molecule has 0 spiro atoms. The minimum Gasteiger partial charge on any atom is -0.482 e. The third-order valence-corrected chi connectivity index (χ3v) is 5.88. The first-order valence-corrected chi connectivity index (χ1v) is 10.1. The molecule has 1 amide bonds. The van der Waals surface area contributed by atoms with Crippen LogP contribution in [0.2, 0.25) is 0 Å². The lowest BCUT2D eigenvalue weighted by Gasteiger charge is -2.23. The van der Waals surface area contributed by atoms with E-state index in [2.05, 4.69) is 4.98 Å². The van der Waals surface area contributed by atoms with Gasteiger partial charge in [0.1, 0.15) is 10.8 Å². The highest BCUT2D eigenvalue weighted by molar-refractivity contribution is 7.18. The highest BCUT2D eigenvalue weighted by Crippen LogP contribution is 2.28. The Morgan fingerprint density at radius 3 is 2.62 bits per heavy atom. The molecule has 29 heavy (non-hydrogen) atoms. The van der Waals surface area contributed by atoms with Gasteiger partial charge in [0, 0.05) is 7.05 Å². The summed E-state index contributed by atoms with van der Waals surface area (Å²) in [5.74, 6) is -0.253. The van der Waals surface area contributed by atoms with Gasteiger partial charge in [0.2, 0.25) is 0 Å². The molecule has 6 nitrogen and oxygen atoms in total. The molecule has 0 bridgehead atoms. The zero-order chi connectivity index (χ0) is 21.0. The number of carbonyl (C=O) groups is 2. The van der Waals surface area contributed by atoms with E-state index < -0.39 is 5.97 Å². The number of fused-ring (bicyclic) bond motifs is 1. The predicted octanol–water partition coefficient (Wildman–Crippen LogP) is 4.05. The second-order valence-corrected chi connectivity index (χ2v) is 7.98. The molecular weight excluding hydrogens is 388 g/mol. The average Bonchev–Trinajstić information content (AvgIpc) is 3.14. The summed E-state index contributed by atoms with van der Waals surface area (Å²) < 4.78 is 11.6. The zero-order valence-corrected chi connectivity index (χ0v) is 17.8. The van der Waals surface area contributed by atoms with Gasteiger partial charge < -0.3 is 14.4 Å². The highest BCUT2D eigenvalue weighted by atomic mass is 32.1. The SMILES string of the molecule is Cc1ccc(OCC(=O)OCC(=O)N(C)[C@@H](C)c2nc3ccccc3s2)c(C)c1. The number of amides is 1. The van der Waals surface area contributed by atoms with Gasteiger partial charge in [-0.1, -0.05) is 29.8 Å². The number of aromatic nitrogens is 1. The van der Waals surface area contributed by atoms with E-state index >= 15 is 0 Å². The number of nitrogens with zero attached hydrogens (tertiary/aromatic N) is 2. The second kappa shape index (κ2) is 9.05. The molecule has 7 heteroatoms. The Balaban J connectivity index is 1.50. The number of carbonyl (C=O) groups excluding carboxylic acids is 2. The molecule has 0 aliphatic heterocycles. The fourth-order valence-electron chi connectivity index (χ4n) is 2.83. The smallest absolute Gasteiger partial charge is 0.344 e. The lowest BCUT2D eigenvalue weighted by atomic mass is 10.1. The average molecular weight is 413 g/mol. The van der Waals surface area contributed by atoms with E-state index in [0.717, 1.165) is 26.4 Å². The molecule has 0 fully saturated rings. The van der Waals surface area contributed by atoms with Gasteiger partial charge in [0.05, 0.1) is 16.3 Å². The van der Waals surface area contributed by atoms with Gasteiger partial charge in [-0.15, -0.1) is 11.3 Å². The van der Waals surface area contributed by atoms with Crippen LogP contribution in [0, 0.1) is 13.8 Å². The topological polar surface area (TPSA) is 68.7 Å². The molecule has 0 aliphatic carbocycles. The van der Waals surface area contributed by atoms with Gasteiger partial charge >= 0.3 is 5.97 Å². The first-order valence-electron chi connectivity index (χ1n) is 9.32. The number of rotatable bonds is 7. The van der Waals surface area contributed by atoms with E-state index in [9.17, 15) is 9.59 Å². The number of benzene rings is 2. The van der Waals surface area contributed by atoms with Crippen molar-refractivity contribution in [1.82, 2.24) is 9.88 Å². The molecular formula is C22H24N2O4S. The van der Waals surface area contributed by atoms with Crippen LogP contribution in [0.15, 0.2) is 42.5 Å². The van der Waals surface area contributed by atoms with Crippen LogP contribution in [0.4, 0.5) is 0 Å². The van der Waals surface area contributed by atoms with E-state index in [1.54, 1.807) is 18.4 Å². The van der Waals surface area contributed by atoms with E-state index in [1.807, 2.05) is 63.2 Å². The van der Waals surface area contributed by atoms with Gasteiger partial charge in [-0.25, -0.2) is 9.78 Å². The molecule has 1 atom stereocenters. The molecule has 0 N–H and O–H groups in total. The molecule has 2 aromatic carbocycles. The largest absolute Gasteiger partial charge is 0.482 e. The van der Waals surface area contributed by atoms with Crippen LogP contribution in [-0.2, 0) is 14.3 Å². The summed E-state index contributed by atoms with van der Waals surface area (Å²) in [4.78, 5) is 30.5. The molecule has 1 aromatic heterocycles. The summed E-state index contributed by atoms with van der Waals surface area (Å²) in [7, 11) is 1.68. The monoisotopic (exact) mass is 412 g/mol. The Kier molecular flexibility index (Phi) is 6.49. The third-order valence-electron chi connectivity index (χ3n) is 4.67. The second-order valence-electron chi connectivity index (χ2n) is 6.92. The van der Waals surface area contributed by atoms with Crippen LogP contribution in [0.3, 0.4) is 0 Å². The van der Waals surface area contributed by atoms with Crippen LogP contribution in [0.5, 0.6) is 5.75 Å². The highest BCUT2D eigenvalue weighted by Gasteiger charge is 2.22. The lowest BCUT2D eigenvalue weighted by molar-refractivity contribution is -0.153. The normalized spacial score (nSPS) is 11.9. The quantitative estimate of drug-likeness (QED) is 0.548.